The third kappa shape index (κ3) is 6.35. The molecular formula is C22H31ClN2O2. The number of nitrogens with two attached hydrogens (primary N) is 1. The molecule has 2 aromatic carbocycles. The molecule has 27 heavy (non-hydrogen) atoms. The van der Waals surface area contributed by atoms with Gasteiger partial charge in [-0.3, -0.25) is 4.79 Å². The third-order valence-electron chi connectivity index (χ3n) is 4.77. The predicted molar refractivity (Wildman–Crippen MR) is 113 cm³/mol. The van der Waals surface area contributed by atoms with Gasteiger partial charge in [0.15, 0.2) is 0 Å². The van der Waals surface area contributed by atoms with E-state index in [1.54, 1.807) is 6.92 Å². The monoisotopic (exact) mass is 390 g/mol. The molecule has 148 valence electrons. The fraction of sp³-hybridized carbons (Fsp3) is 0.409. The summed E-state index contributed by atoms with van der Waals surface area (Å²) in [6.45, 7) is 8.42. The molecule has 0 aliphatic heterocycles. The van der Waals surface area contributed by atoms with Crippen LogP contribution in [0.15, 0.2) is 54.6 Å². The van der Waals surface area contributed by atoms with E-state index in [-0.39, 0.29) is 42.2 Å². The average Bonchev–Trinajstić information content (AvgIpc) is 2.64. The number of hydrogen-bond acceptors (Lipinski definition) is 3. The van der Waals surface area contributed by atoms with E-state index in [2.05, 4.69) is 26.1 Å². The highest BCUT2D eigenvalue weighted by molar-refractivity contribution is 5.85. The first kappa shape index (κ1) is 23.2. The van der Waals surface area contributed by atoms with E-state index in [0.29, 0.717) is 0 Å². The average molecular weight is 391 g/mol. The summed E-state index contributed by atoms with van der Waals surface area (Å²) in [5.41, 5.74) is 9.18. The van der Waals surface area contributed by atoms with Gasteiger partial charge in [-0.05, 0) is 22.1 Å². The topological polar surface area (TPSA) is 75.3 Å². The lowest BCUT2D eigenvalue weighted by Gasteiger charge is -2.22. The number of benzene rings is 2. The summed E-state index contributed by atoms with van der Waals surface area (Å²) >= 11 is 0. The van der Waals surface area contributed by atoms with Crippen LogP contribution in [0.2, 0.25) is 0 Å². The Morgan fingerprint density at radius 1 is 1.04 bits per heavy atom. The van der Waals surface area contributed by atoms with Gasteiger partial charge in [0.05, 0.1) is 12.0 Å². The van der Waals surface area contributed by atoms with Gasteiger partial charge in [-0.25, -0.2) is 0 Å². The van der Waals surface area contributed by atoms with E-state index < -0.39 is 6.10 Å². The maximum Gasteiger partial charge on any atom is 0.224 e. The fourth-order valence-electron chi connectivity index (χ4n) is 2.81. The number of rotatable bonds is 6. The van der Waals surface area contributed by atoms with Gasteiger partial charge in [0.2, 0.25) is 5.91 Å². The lowest BCUT2D eigenvalue weighted by molar-refractivity contribution is -0.125. The van der Waals surface area contributed by atoms with E-state index in [9.17, 15) is 9.90 Å². The van der Waals surface area contributed by atoms with Gasteiger partial charge in [-0.15, -0.1) is 12.4 Å². The number of hydrogen-bond donors (Lipinski definition) is 3. The number of carbonyl (C=O) groups is 1. The first-order valence-corrected chi connectivity index (χ1v) is 9.07. The minimum absolute atomic E-state index is 0. The van der Waals surface area contributed by atoms with Crippen molar-refractivity contribution in [1.29, 1.82) is 0 Å². The summed E-state index contributed by atoms with van der Waals surface area (Å²) in [4.78, 5) is 12.4. The second-order valence-electron chi connectivity index (χ2n) is 7.86. The molecule has 1 amide bonds. The van der Waals surface area contributed by atoms with E-state index in [1.165, 1.54) is 5.56 Å². The van der Waals surface area contributed by atoms with Gasteiger partial charge < -0.3 is 16.2 Å². The Labute approximate surface area is 168 Å². The van der Waals surface area contributed by atoms with Crippen LogP contribution in [0.5, 0.6) is 0 Å². The quantitative estimate of drug-likeness (QED) is 0.700. The standard InChI is InChI=1S/C22H30N2O2.ClH/c1-15(20(23)17-8-6-5-7-9-17)21(26)24-14-19(25)16-10-12-18(13-11-16)22(2,3)4;/h5-13,15,19-20,25H,14,23H2,1-4H3,(H,24,26);1H. The number of amides is 1. The molecule has 2 aromatic rings. The Morgan fingerprint density at radius 2 is 1.59 bits per heavy atom. The van der Waals surface area contributed by atoms with Gasteiger partial charge in [0.1, 0.15) is 0 Å². The first-order chi connectivity index (χ1) is 12.2. The summed E-state index contributed by atoms with van der Waals surface area (Å²) < 4.78 is 0. The highest BCUT2D eigenvalue weighted by Crippen LogP contribution is 2.24. The van der Waals surface area contributed by atoms with Crippen molar-refractivity contribution in [3.05, 3.63) is 71.3 Å². The van der Waals surface area contributed by atoms with Crippen LogP contribution >= 0.6 is 12.4 Å². The van der Waals surface area contributed by atoms with Crippen molar-refractivity contribution in [3.8, 4) is 0 Å². The van der Waals surface area contributed by atoms with Crippen LogP contribution in [0.1, 0.15) is 56.5 Å². The molecule has 0 bridgehead atoms. The fourth-order valence-corrected chi connectivity index (χ4v) is 2.81. The molecule has 0 saturated heterocycles. The number of halogens is 1. The Balaban J connectivity index is 0.00000364. The van der Waals surface area contributed by atoms with E-state index in [4.69, 9.17) is 5.73 Å². The van der Waals surface area contributed by atoms with Crippen molar-refractivity contribution in [2.24, 2.45) is 11.7 Å². The highest BCUT2D eigenvalue weighted by Gasteiger charge is 2.22. The second kappa shape index (κ2) is 9.88. The SMILES string of the molecule is CC(C(=O)NCC(O)c1ccc(C(C)(C)C)cc1)C(N)c1ccccc1.Cl. The number of aliphatic hydroxyl groups is 1. The smallest absolute Gasteiger partial charge is 0.224 e. The molecule has 0 saturated carbocycles. The van der Waals surface area contributed by atoms with Crippen LogP contribution < -0.4 is 11.1 Å². The normalized spacial score (nSPS) is 14.6. The number of nitrogens with one attached hydrogen (secondary N) is 1. The number of carbonyl (C=O) groups excluding carboxylic acids is 1. The molecule has 0 spiro atoms. The van der Waals surface area contributed by atoms with Crippen molar-refractivity contribution >= 4 is 18.3 Å². The molecule has 3 unspecified atom stereocenters. The van der Waals surface area contributed by atoms with E-state index >= 15 is 0 Å². The van der Waals surface area contributed by atoms with Crippen LogP contribution in [-0.4, -0.2) is 17.6 Å². The molecule has 2 rings (SSSR count). The lowest BCUT2D eigenvalue weighted by Crippen LogP contribution is -2.37. The first-order valence-electron chi connectivity index (χ1n) is 9.07. The Hall–Kier alpha value is -1.88. The summed E-state index contributed by atoms with van der Waals surface area (Å²) in [5, 5.41) is 13.2. The van der Waals surface area contributed by atoms with Crippen molar-refractivity contribution in [1.82, 2.24) is 5.32 Å². The van der Waals surface area contributed by atoms with Crippen molar-refractivity contribution in [2.75, 3.05) is 6.54 Å². The molecule has 0 aliphatic carbocycles. The molecule has 0 aliphatic rings. The van der Waals surface area contributed by atoms with E-state index in [0.717, 1.165) is 11.1 Å². The van der Waals surface area contributed by atoms with Gasteiger partial charge in [0.25, 0.3) is 0 Å². The highest BCUT2D eigenvalue weighted by atomic mass is 35.5. The largest absolute Gasteiger partial charge is 0.387 e. The third-order valence-corrected chi connectivity index (χ3v) is 4.77. The van der Waals surface area contributed by atoms with Gasteiger partial charge in [-0.1, -0.05) is 82.3 Å². The number of aliphatic hydroxyl groups excluding tert-OH is 1. The minimum Gasteiger partial charge on any atom is -0.387 e. The van der Waals surface area contributed by atoms with Gasteiger partial charge in [-0.2, -0.15) is 0 Å². The second-order valence-corrected chi connectivity index (χ2v) is 7.86. The van der Waals surface area contributed by atoms with Crippen LogP contribution in [0.3, 0.4) is 0 Å². The predicted octanol–water partition coefficient (Wildman–Crippen LogP) is 3.89. The van der Waals surface area contributed by atoms with E-state index in [1.807, 2.05) is 54.6 Å². The lowest BCUT2D eigenvalue weighted by atomic mass is 9.86. The molecule has 0 radical (unpaired) electrons. The summed E-state index contributed by atoms with van der Waals surface area (Å²) in [6, 6.07) is 17.1. The van der Waals surface area contributed by atoms with Crippen LogP contribution in [0, 0.1) is 5.92 Å². The summed E-state index contributed by atoms with van der Waals surface area (Å²) in [7, 11) is 0. The van der Waals surface area contributed by atoms with Gasteiger partial charge >= 0.3 is 0 Å². The molecule has 3 atom stereocenters. The molecule has 0 heterocycles. The summed E-state index contributed by atoms with van der Waals surface area (Å²) in [6.07, 6.45) is -0.742. The zero-order chi connectivity index (χ0) is 19.3. The van der Waals surface area contributed by atoms with Crippen molar-refractivity contribution < 1.29 is 9.90 Å². The Kier molecular flexibility index (Phi) is 8.48. The van der Waals surface area contributed by atoms with Crippen molar-refractivity contribution in [3.63, 3.8) is 0 Å². The van der Waals surface area contributed by atoms with Crippen LogP contribution in [0.4, 0.5) is 0 Å². The van der Waals surface area contributed by atoms with Crippen LogP contribution in [-0.2, 0) is 10.2 Å². The Bertz CT molecular complexity index is 711. The zero-order valence-electron chi connectivity index (χ0n) is 16.5. The molecule has 5 heteroatoms. The molecular weight excluding hydrogens is 360 g/mol. The summed E-state index contributed by atoms with van der Waals surface area (Å²) in [5.74, 6) is -0.542. The Morgan fingerprint density at radius 3 is 2.11 bits per heavy atom. The molecule has 4 nitrogen and oxygen atoms in total. The van der Waals surface area contributed by atoms with Gasteiger partial charge in [0, 0.05) is 12.6 Å². The molecule has 0 fully saturated rings. The maximum atomic E-state index is 12.4. The zero-order valence-corrected chi connectivity index (χ0v) is 17.3. The molecule has 0 aromatic heterocycles. The minimum atomic E-state index is -0.742. The van der Waals surface area contributed by atoms with Crippen LogP contribution in [0.25, 0.3) is 0 Å². The van der Waals surface area contributed by atoms with Crippen molar-refractivity contribution in [2.45, 2.75) is 45.3 Å². The molecule has 4 N–H and O–H groups in total. The maximum absolute atomic E-state index is 12.4.